The summed E-state index contributed by atoms with van der Waals surface area (Å²) in [5.41, 5.74) is 4.62. The molecule has 184 valence electrons. The summed E-state index contributed by atoms with van der Waals surface area (Å²) in [5.74, 6) is -1.63. The van der Waals surface area contributed by atoms with Gasteiger partial charge in [-0.25, -0.2) is 9.59 Å². The highest BCUT2D eigenvalue weighted by atomic mass is 16.5. The number of hydrogen-bond donors (Lipinski definition) is 3. The monoisotopic (exact) mass is 476 g/mol. The zero-order chi connectivity index (χ0) is 24.9. The van der Waals surface area contributed by atoms with E-state index in [-0.39, 0.29) is 30.4 Å². The fourth-order valence-corrected chi connectivity index (χ4v) is 4.98. The SMILES string of the molecule is CC(C)C[C@@H](NC(=O)[C@@H]1CC=C[C@@H](NC(=O)OCC2c3ccccc3-c3ccccc32)C1)C(=O)O. The van der Waals surface area contributed by atoms with Crippen LogP contribution in [0.15, 0.2) is 60.7 Å². The Morgan fingerprint density at radius 2 is 1.66 bits per heavy atom. The van der Waals surface area contributed by atoms with Gasteiger partial charge in [0.05, 0.1) is 6.04 Å². The lowest BCUT2D eigenvalue weighted by Gasteiger charge is -2.26. The van der Waals surface area contributed by atoms with Gasteiger partial charge < -0.3 is 20.5 Å². The summed E-state index contributed by atoms with van der Waals surface area (Å²) in [5, 5.41) is 14.9. The zero-order valence-electron chi connectivity index (χ0n) is 20.1. The molecule has 0 radical (unpaired) electrons. The van der Waals surface area contributed by atoms with Gasteiger partial charge in [0.1, 0.15) is 12.6 Å². The number of benzene rings is 2. The predicted molar refractivity (Wildman–Crippen MR) is 133 cm³/mol. The van der Waals surface area contributed by atoms with Gasteiger partial charge >= 0.3 is 12.1 Å². The van der Waals surface area contributed by atoms with Gasteiger partial charge in [0, 0.05) is 11.8 Å². The van der Waals surface area contributed by atoms with Gasteiger partial charge in [-0.2, -0.15) is 0 Å². The molecule has 0 aliphatic heterocycles. The van der Waals surface area contributed by atoms with E-state index in [1.54, 1.807) is 0 Å². The number of aliphatic carboxylic acids is 1. The third kappa shape index (κ3) is 5.73. The Labute approximate surface area is 205 Å². The quantitative estimate of drug-likeness (QED) is 0.488. The number of fused-ring (bicyclic) bond motifs is 3. The van der Waals surface area contributed by atoms with Crippen LogP contribution in [0.1, 0.15) is 50.2 Å². The second-order valence-corrected chi connectivity index (χ2v) is 9.70. The van der Waals surface area contributed by atoms with Crippen molar-refractivity contribution in [3.05, 3.63) is 71.8 Å². The van der Waals surface area contributed by atoms with E-state index >= 15 is 0 Å². The molecular formula is C28H32N2O5. The molecule has 0 saturated carbocycles. The summed E-state index contributed by atoms with van der Waals surface area (Å²) in [6.07, 6.45) is 4.42. The molecule has 4 rings (SSSR count). The molecule has 2 aliphatic carbocycles. The van der Waals surface area contributed by atoms with Gasteiger partial charge in [-0.1, -0.05) is 74.5 Å². The van der Waals surface area contributed by atoms with E-state index in [0.29, 0.717) is 19.3 Å². The first-order valence-electron chi connectivity index (χ1n) is 12.1. The molecule has 2 amide bonds. The van der Waals surface area contributed by atoms with Crippen LogP contribution in [0.2, 0.25) is 0 Å². The van der Waals surface area contributed by atoms with Crippen molar-refractivity contribution in [1.29, 1.82) is 0 Å². The first-order chi connectivity index (χ1) is 16.8. The van der Waals surface area contributed by atoms with Crippen LogP contribution in [-0.2, 0) is 14.3 Å². The second kappa shape index (κ2) is 10.8. The third-order valence-electron chi connectivity index (χ3n) is 6.67. The Hall–Kier alpha value is -3.61. The van der Waals surface area contributed by atoms with Crippen molar-refractivity contribution in [2.24, 2.45) is 11.8 Å². The van der Waals surface area contributed by atoms with Gasteiger partial charge in [0.2, 0.25) is 5.91 Å². The highest BCUT2D eigenvalue weighted by molar-refractivity contribution is 5.85. The van der Waals surface area contributed by atoms with Gasteiger partial charge in [-0.15, -0.1) is 0 Å². The lowest BCUT2D eigenvalue weighted by molar-refractivity contribution is -0.143. The van der Waals surface area contributed by atoms with Crippen molar-refractivity contribution in [3.8, 4) is 11.1 Å². The summed E-state index contributed by atoms with van der Waals surface area (Å²) in [6.45, 7) is 4.05. The molecule has 0 fully saturated rings. The maximum atomic E-state index is 12.7. The number of carboxylic acids is 1. The average Bonchev–Trinajstić information content (AvgIpc) is 3.16. The molecule has 0 unspecified atom stereocenters. The standard InChI is InChI=1S/C28H32N2O5/c1-17(2)14-25(27(32)33)30-26(31)18-8-7-9-19(15-18)29-28(34)35-16-24-22-12-5-3-10-20(22)21-11-4-6-13-23(21)24/h3-7,9-13,17-19,24-25H,8,14-16H2,1-2H3,(H,29,34)(H,30,31)(H,32,33)/t18-,19-,25-/m1/s1. The Kier molecular flexibility index (Phi) is 7.54. The van der Waals surface area contributed by atoms with Crippen molar-refractivity contribution in [3.63, 3.8) is 0 Å². The average molecular weight is 477 g/mol. The number of alkyl carbamates (subject to hydrolysis) is 1. The van der Waals surface area contributed by atoms with Crippen LogP contribution < -0.4 is 10.6 Å². The molecule has 0 heterocycles. The molecule has 2 aromatic carbocycles. The van der Waals surface area contributed by atoms with Crippen LogP contribution in [0.25, 0.3) is 11.1 Å². The van der Waals surface area contributed by atoms with E-state index in [9.17, 15) is 19.5 Å². The fourth-order valence-electron chi connectivity index (χ4n) is 4.98. The van der Waals surface area contributed by atoms with Gasteiger partial charge in [-0.05, 0) is 47.4 Å². The number of ether oxygens (including phenoxy) is 1. The van der Waals surface area contributed by atoms with Crippen molar-refractivity contribution < 1.29 is 24.2 Å². The zero-order valence-corrected chi connectivity index (χ0v) is 20.1. The number of carbonyl (C=O) groups excluding carboxylic acids is 2. The molecule has 0 bridgehead atoms. The maximum Gasteiger partial charge on any atom is 0.407 e. The molecule has 7 heteroatoms. The summed E-state index contributed by atoms with van der Waals surface area (Å²) in [7, 11) is 0. The van der Waals surface area contributed by atoms with Crippen LogP contribution in [0.3, 0.4) is 0 Å². The number of allylic oxidation sites excluding steroid dienone is 1. The molecule has 35 heavy (non-hydrogen) atoms. The topological polar surface area (TPSA) is 105 Å². The summed E-state index contributed by atoms with van der Waals surface area (Å²) in [4.78, 5) is 36.8. The van der Waals surface area contributed by atoms with Crippen molar-refractivity contribution in [2.45, 2.75) is 51.1 Å². The molecule has 2 aliphatic rings. The van der Waals surface area contributed by atoms with E-state index < -0.39 is 24.0 Å². The van der Waals surface area contributed by atoms with E-state index in [4.69, 9.17) is 4.74 Å². The number of nitrogens with one attached hydrogen (secondary N) is 2. The van der Waals surface area contributed by atoms with Gasteiger partial charge in [0.25, 0.3) is 0 Å². The third-order valence-corrected chi connectivity index (χ3v) is 6.67. The molecule has 0 saturated heterocycles. The molecule has 3 atom stereocenters. The molecule has 3 N–H and O–H groups in total. The first-order valence-corrected chi connectivity index (χ1v) is 12.1. The number of amides is 2. The number of carboxylic acid groups (broad SMARTS) is 1. The molecule has 0 spiro atoms. The maximum absolute atomic E-state index is 12.7. The second-order valence-electron chi connectivity index (χ2n) is 9.70. The Bertz CT molecular complexity index is 1080. The molecule has 0 aromatic heterocycles. The van der Waals surface area contributed by atoms with Crippen LogP contribution in [-0.4, -0.2) is 41.8 Å². The number of hydrogen-bond acceptors (Lipinski definition) is 4. The van der Waals surface area contributed by atoms with E-state index in [2.05, 4.69) is 34.9 Å². The summed E-state index contributed by atoms with van der Waals surface area (Å²) >= 11 is 0. The first kappa shape index (κ1) is 24.5. The molecule has 2 aromatic rings. The highest BCUT2D eigenvalue weighted by Gasteiger charge is 2.31. The summed E-state index contributed by atoms with van der Waals surface area (Å²) < 4.78 is 5.62. The highest BCUT2D eigenvalue weighted by Crippen LogP contribution is 2.44. The van der Waals surface area contributed by atoms with Crippen LogP contribution in [0.5, 0.6) is 0 Å². The van der Waals surface area contributed by atoms with Gasteiger partial charge in [-0.3, -0.25) is 4.79 Å². The minimum Gasteiger partial charge on any atom is -0.480 e. The normalized spacial score (nSPS) is 19.5. The number of carbonyl (C=O) groups is 3. The molecular weight excluding hydrogens is 444 g/mol. The van der Waals surface area contributed by atoms with E-state index in [1.165, 1.54) is 11.1 Å². The van der Waals surface area contributed by atoms with Crippen molar-refractivity contribution in [2.75, 3.05) is 6.61 Å². The van der Waals surface area contributed by atoms with E-state index in [1.807, 2.05) is 50.3 Å². The Morgan fingerprint density at radius 1 is 1.03 bits per heavy atom. The minimum absolute atomic E-state index is 0.0255. The van der Waals surface area contributed by atoms with Crippen LogP contribution >= 0.6 is 0 Å². The minimum atomic E-state index is -1.04. The van der Waals surface area contributed by atoms with E-state index in [0.717, 1.165) is 11.1 Å². The van der Waals surface area contributed by atoms with Gasteiger partial charge in [0.15, 0.2) is 0 Å². The lowest BCUT2D eigenvalue weighted by atomic mass is 9.90. The van der Waals surface area contributed by atoms with Crippen LogP contribution in [0, 0.1) is 11.8 Å². The number of rotatable bonds is 8. The Morgan fingerprint density at radius 3 is 2.26 bits per heavy atom. The Balaban J connectivity index is 1.32. The van der Waals surface area contributed by atoms with Crippen molar-refractivity contribution >= 4 is 18.0 Å². The predicted octanol–water partition coefficient (Wildman–Crippen LogP) is 4.48. The lowest BCUT2D eigenvalue weighted by Crippen LogP contribution is -2.46. The summed E-state index contributed by atoms with van der Waals surface area (Å²) in [6, 6.07) is 15.0. The van der Waals surface area contributed by atoms with Crippen LogP contribution in [0.4, 0.5) is 4.79 Å². The largest absolute Gasteiger partial charge is 0.480 e. The smallest absolute Gasteiger partial charge is 0.407 e. The fraction of sp³-hybridized carbons (Fsp3) is 0.393. The molecule has 7 nitrogen and oxygen atoms in total. The van der Waals surface area contributed by atoms with Crippen molar-refractivity contribution in [1.82, 2.24) is 10.6 Å².